The molecule has 1 aliphatic heterocycles. The van der Waals surface area contributed by atoms with Gasteiger partial charge in [-0.3, -0.25) is 4.90 Å². The summed E-state index contributed by atoms with van der Waals surface area (Å²) in [6.45, 7) is 5.80. The Balaban J connectivity index is 1.52. The largest absolute Gasteiger partial charge is 0.424 e. The highest BCUT2D eigenvalue weighted by molar-refractivity contribution is 5.02. The topological polar surface area (TPSA) is 81.1 Å². The van der Waals surface area contributed by atoms with E-state index < -0.39 is 0 Å². The van der Waals surface area contributed by atoms with Crippen molar-refractivity contribution in [3.8, 4) is 0 Å². The Morgan fingerprint density at radius 3 is 2.75 bits per heavy atom. The fourth-order valence-electron chi connectivity index (χ4n) is 3.27. The molecule has 2 aromatic rings. The lowest BCUT2D eigenvalue weighted by atomic mass is 10.1. The van der Waals surface area contributed by atoms with E-state index in [1.54, 1.807) is 0 Å². The lowest BCUT2D eigenvalue weighted by Crippen LogP contribution is -2.29. The SMILES string of the molecule is CC(C)c1nc(C2CCCCCN2Cc2nnc(C3CC3)o2)no1. The van der Waals surface area contributed by atoms with Crippen molar-refractivity contribution in [3.05, 3.63) is 23.5 Å². The van der Waals surface area contributed by atoms with Gasteiger partial charge in [-0.25, -0.2) is 0 Å². The van der Waals surface area contributed by atoms with Gasteiger partial charge in [0.15, 0.2) is 5.82 Å². The summed E-state index contributed by atoms with van der Waals surface area (Å²) < 4.78 is 11.3. The third kappa shape index (κ3) is 3.36. The molecule has 24 heavy (non-hydrogen) atoms. The van der Waals surface area contributed by atoms with Gasteiger partial charge in [0.05, 0.1) is 12.6 Å². The first kappa shape index (κ1) is 15.7. The van der Waals surface area contributed by atoms with Crippen molar-refractivity contribution in [1.29, 1.82) is 0 Å². The van der Waals surface area contributed by atoms with Crippen molar-refractivity contribution < 1.29 is 8.94 Å². The molecule has 7 nitrogen and oxygen atoms in total. The minimum Gasteiger partial charge on any atom is -0.424 e. The van der Waals surface area contributed by atoms with Gasteiger partial charge >= 0.3 is 0 Å². The second-order valence-electron chi connectivity index (χ2n) is 7.29. The minimum atomic E-state index is 0.167. The van der Waals surface area contributed by atoms with E-state index in [1.807, 2.05) is 0 Å². The van der Waals surface area contributed by atoms with Crippen LogP contribution in [0.4, 0.5) is 0 Å². The molecule has 4 rings (SSSR count). The molecule has 0 amide bonds. The molecule has 2 aliphatic rings. The van der Waals surface area contributed by atoms with Crippen molar-refractivity contribution in [1.82, 2.24) is 25.2 Å². The quantitative estimate of drug-likeness (QED) is 0.828. The first-order valence-corrected chi connectivity index (χ1v) is 9.10. The molecule has 0 aromatic carbocycles. The van der Waals surface area contributed by atoms with Gasteiger partial charge in [-0.05, 0) is 32.2 Å². The first-order chi connectivity index (χ1) is 11.7. The summed E-state index contributed by atoms with van der Waals surface area (Å²) in [5.41, 5.74) is 0. The second kappa shape index (κ2) is 6.63. The van der Waals surface area contributed by atoms with E-state index in [2.05, 4.69) is 39.1 Å². The van der Waals surface area contributed by atoms with Gasteiger partial charge in [0, 0.05) is 11.8 Å². The molecule has 3 heterocycles. The van der Waals surface area contributed by atoms with Crippen LogP contribution in [0.2, 0.25) is 0 Å². The highest BCUT2D eigenvalue weighted by atomic mass is 16.5. The molecule has 2 fully saturated rings. The Hall–Kier alpha value is -1.76. The summed E-state index contributed by atoms with van der Waals surface area (Å²) in [5, 5.41) is 12.7. The van der Waals surface area contributed by atoms with Crippen LogP contribution < -0.4 is 0 Å². The lowest BCUT2D eigenvalue weighted by Gasteiger charge is -2.25. The van der Waals surface area contributed by atoms with Gasteiger partial charge in [0.1, 0.15) is 0 Å². The molecular formula is C17H25N5O2. The Kier molecular flexibility index (Phi) is 4.35. The second-order valence-corrected chi connectivity index (χ2v) is 7.29. The van der Waals surface area contributed by atoms with Crippen LogP contribution in [0.25, 0.3) is 0 Å². The number of rotatable bonds is 5. The third-order valence-corrected chi connectivity index (χ3v) is 4.86. The molecule has 0 spiro atoms. The standard InChI is InChI=1S/C17H25N5O2/c1-11(2)16-18-15(21-24-16)13-6-4-3-5-9-22(13)10-14-19-20-17(23-14)12-7-8-12/h11-13H,3-10H2,1-2H3. The summed E-state index contributed by atoms with van der Waals surface area (Å²) in [7, 11) is 0. The molecule has 0 radical (unpaired) electrons. The maximum Gasteiger partial charge on any atom is 0.230 e. The fraction of sp³-hybridized carbons (Fsp3) is 0.765. The molecule has 2 aromatic heterocycles. The third-order valence-electron chi connectivity index (χ3n) is 4.86. The van der Waals surface area contributed by atoms with Crippen LogP contribution >= 0.6 is 0 Å². The van der Waals surface area contributed by atoms with Crippen molar-refractivity contribution in [2.24, 2.45) is 0 Å². The van der Waals surface area contributed by atoms with Crippen molar-refractivity contribution >= 4 is 0 Å². The molecule has 1 atom stereocenters. The fourth-order valence-corrected chi connectivity index (χ4v) is 3.27. The number of aromatic nitrogens is 4. The molecule has 0 bridgehead atoms. The van der Waals surface area contributed by atoms with Gasteiger partial charge in [-0.1, -0.05) is 31.8 Å². The van der Waals surface area contributed by atoms with Crippen LogP contribution in [0.5, 0.6) is 0 Å². The summed E-state index contributed by atoms with van der Waals surface area (Å²) in [5.74, 6) is 3.76. The monoisotopic (exact) mass is 331 g/mol. The lowest BCUT2D eigenvalue weighted by molar-refractivity contribution is 0.163. The predicted octanol–water partition coefficient (Wildman–Crippen LogP) is 3.57. The van der Waals surface area contributed by atoms with E-state index in [1.165, 1.54) is 32.1 Å². The highest BCUT2D eigenvalue weighted by Gasteiger charge is 2.31. The summed E-state index contributed by atoms with van der Waals surface area (Å²) in [4.78, 5) is 6.99. The zero-order valence-electron chi connectivity index (χ0n) is 14.4. The summed E-state index contributed by atoms with van der Waals surface area (Å²) >= 11 is 0. The van der Waals surface area contributed by atoms with Crippen LogP contribution in [0.15, 0.2) is 8.94 Å². The Morgan fingerprint density at radius 2 is 2.00 bits per heavy atom. The molecular weight excluding hydrogens is 306 g/mol. The van der Waals surface area contributed by atoms with Crippen molar-refractivity contribution in [2.75, 3.05) is 6.54 Å². The van der Waals surface area contributed by atoms with Crippen LogP contribution in [-0.4, -0.2) is 31.8 Å². The van der Waals surface area contributed by atoms with Crippen LogP contribution in [0.3, 0.4) is 0 Å². The maximum atomic E-state index is 5.85. The van der Waals surface area contributed by atoms with Crippen molar-refractivity contribution in [2.45, 2.75) is 76.8 Å². The smallest absolute Gasteiger partial charge is 0.230 e. The van der Waals surface area contributed by atoms with Crippen LogP contribution in [0, 0.1) is 0 Å². The first-order valence-electron chi connectivity index (χ1n) is 9.10. The van der Waals surface area contributed by atoms with E-state index in [0.717, 1.165) is 24.7 Å². The van der Waals surface area contributed by atoms with E-state index in [4.69, 9.17) is 8.94 Å². The van der Waals surface area contributed by atoms with E-state index in [9.17, 15) is 0 Å². The average Bonchev–Trinajstić information content (AvgIpc) is 3.19. The van der Waals surface area contributed by atoms with E-state index in [0.29, 0.717) is 24.2 Å². The van der Waals surface area contributed by atoms with E-state index >= 15 is 0 Å². The van der Waals surface area contributed by atoms with Crippen LogP contribution in [0.1, 0.15) is 93.7 Å². The van der Waals surface area contributed by atoms with Gasteiger partial charge in [0.2, 0.25) is 17.7 Å². The number of hydrogen-bond donors (Lipinski definition) is 0. The zero-order chi connectivity index (χ0) is 16.5. The van der Waals surface area contributed by atoms with Crippen LogP contribution in [-0.2, 0) is 6.54 Å². The number of likely N-dealkylation sites (tertiary alicyclic amines) is 1. The Labute approximate surface area is 141 Å². The van der Waals surface area contributed by atoms with E-state index in [-0.39, 0.29) is 12.0 Å². The number of hydrogen-bond acceptors (Lipinski definition) is 7. The number of nitrogens with zero attached hydrogens (tertiary/aromatic N) is 5. The molecule has 1 saturated heterocycles. The predicted molar refractivity (Wildman–Crippen MR) is 86.3 cm³/mol. The maximum absolute atomic E-state index is 5.85. The Bertz CT molecular complexity index is 676. The highest BCUT2D eigenvalue weighted by Crippen LogP contribution is 2.39. The average molecular weight is 331 g/mol. The molecule has 130 valence electrons. The molecule has 1 aliphatic carbocycles. The Morgan fingerprint density at radius 1 is 1.12 bits per heavy atom. The summed E-state index contributed by atoms with van der Waals surface area (Å²) in [6.07, 6.45) is 6.99. The van der Waals surface area contributed by atoms with Gasteiger partial charge in [-0.15, -0.1) is 10.2 Å². The zero-order valence-corrected chi connectivity index (χ0v) is 14.4. The van der Waals surface area contributed by atoms with Gasteiger partial charge in [0.25, 0.3) is 0 Å². The van der Waals surface area contributed by atoms with Gasteiger partial charge in [-0.2, -0.15) is 4.98 Å². The normalized spacial score (nSPS) is 22.9. The van der Waals surface area contributed by atoms with Crippen molar-refractivity contribution in [3.63, 3.8) is 0 Å². The molecule has 1 unspecified atom stereocenters. The molecule has 1 saturated carbocycles. The minimum absolute atomic E-state index is 0.167. The molecule has 0 N–H and O–H groups in total. The summed E-state index contributed by atoms with van der Waals surface area (Å²) in [6, 6.07) is 0.167. The molecule has 7 heteroatoms. The van der Waals surface area contributed by atoms with Gasteiger partial charge < -0.3 is 8.94 Å².